The van der Waals surface area contributed by atoms with Crippen LogP contribution in [0.3, 0.4) is 0 Å². The molecule has 0 saturated heterocycles. The Balaban J connectivity index is 2.24. The quantitative estimate of drug-likeness (QED) is 0.405. The lowest BCUT2D eigenvalue weighted by atomic mass is 10.1. The van der Waals surface area contributed by atoms with Crippen LogP contribution < -0.4 is 14.8 Å². The number of halogens is 1. The number of amides is 2. The third-order valence-electron chi connectivity index (χ3n) is 4.79. The number of hydrogen-bond acceptors (Lipinski definition) is 6. The molecule has 0 spiro atoms. The van der Waals surface area contributed by atoms with Gasteiger partial charge in [-0.3, -0.25) is 19.7 Å². The molecule has 1 N–H and O–H groups in total. The van der Waals surface area contributed by atoms with E-state index in [-0.39, 0.29) is 35.7 Å². The summed E-state index contributed by atoms with van der Waals surface area (Å²) >= 11 is 0. The first-order chi connectivity index (χ1) is 15.7. The maximum absolute atomic E-state index is 13.3. The standard InChI is InChI=1S/C23H28FN3O6/c1-5-19(23(29)25-15(2)3)26(13-16-6-8-17(24)9-7-16)22(28)14-33-18-10-11-20(27(30)31)21(12-18)32-4/h6-12,15,19H,5,13-14H2,1-4H3,(H,25,29). The van der Waals surface area contributed by atoms with Crippen LogP contribution in [-0.4, -0.2) is 47.4 Å². The highest BCUT2D eigenvalue weighted by molar-refractivity contribution is 5.88. The van der Waals surface area contributed by atoms with E-state index in [1.807, 2.05) is 13.8 Å². The molecule has 0 bridgehead atoms. The molecule has 2 rings (SSSR count). The van der Waals surface area contributed by atoms with Crippen LogP contribution in [0.15, 0.2) is 42.5 Å². The van der Waals surface area contributed by atoms with Gasteiger partial charge in [0, 0.05) is 24.7 Å². The van der Waals surface area contributed by atoms with Gasteiger partial charge in [0.15, 0.2) is 6.61 Å². The Morgan fingerprint density at radius 2 is 1.85 bits per heavy atom. The van der Waals surface area contributed by atoms with Gasteiger partial charge in [-0.1, -0.05) is 19.1 Å². The van der Waals surface area contributed by atoms with E-state index in [0.717, 1.165) is 0 Å². The number of rotatable bonds is 11. The Bertz CT molecular complexity index is 981. The molecular formula is C23H28FN3O6. The van der Waals surface area contributed by atoms with E-state index in [0.29, 0.717) is 12.0 Å². The smallest absolute Gasteiger partial charge is 0.311 e. The maximum atomic E-state index is 13.3. The topological polar surface area (TPSA) is 111 Å². The lowest BCUT2D eigenvalue weighted by Gasteiger charge is -2.31. The fourth-order valence-corrected chi connectivity index (χ4v) is 3.21. The van der Waals surface area contributed by atoms with Crippen LogP contribution in [0.4, 0.5) is 10.1 Å². The number of nitro groups is 1. The zero-order chi connectivity index (χ0) is 24.5. The van der Waals surface area contributed by atoms with Crippen molar-refractivity contribution in [2.24, 2.45) is 0 Å². The molecule has 0 aliphatic carbocycles. The summed E-state index contributed by atoms with van der Waals surface area (Å²) in [5, 5.41) is 13.9. The van der Waals surface area contributed by atoms with E-state index in [9.17, 15) is 24.1 Å². The lowest BCUT2D eigenvalue weighted by Crippen LogP contribution is -2.51. The molecule has 0 heterocycles. The fourth-order valence-electron chi connectivity index (χ4n) is 3.21. The molecular weight excluding hydrogens is 433 g/mol. The Morgan fingerprint density at radius 1 is 1.18 bits per heavy atom. The van der Waals surface area contributed by atoms with Crippen molar-refractivity contribution in [1.82, 2.24) is 10.2 Å². The molecule has 0 aliphatic rings. The molecule has 0 radical (unpaired) electrons. The van der Waals surface area contributed by atoms with Crippen LogP contribution in [0.1, 0.15) is 32.8 Å². The van der Waals surface area contributed by atoms with Crippen LogP contribution in [0.2, 0.25) is 0 Å². The third-order valence-corrected chi connectivity index (χ3v) is 4.79. The van der Waals surface area contributed by atoms with Gasteiger partial charge in [-0.15, -0.1) is 0 Å². The van der Waals surface area contributed by atoms with Crippen molar-refractivity contribution < 1.29 is 28.4 Å². The zero-order valence-corrected chi connectivity index (χ0v) is 19.0. The first-order valence-corrected chi connectivity index (χ1v) is 10.5. The van der Waals surface area contributed by atoms with Gasteiger partial charge >= 0.3 is 5.69 Å². The predicted molar refractivity (Wildman–Crippen MR) is 119 cm³/mol. The van der Waals surface area contributed by atoms with E-state index < -0.39 is 29.3 Å². The highest BCUT2D eigenvalue weighted by Crippen LogP contribution is 2.30. The van der Waals surface area contributed by atoms with E-state index >= 15 is 0 Å². The van der Waals surface area contributed by atoms with Crippen molar-refractivity contribution in [2.75, 3.05) is 13.7 Å². The lowest BCUT2D eigenvalue weighted by molar-refractivity contribution is -0.385. The van der Waals surface area contributed by atoms with Gasteiger partial charge in [0.1, 0.15) is 17.6 Å². The molecule has 1 unspecified atom stereocenters. The summed E-state index contributed by atoms with van der Waals surface area (Å²) in [5.41, 5.74) is 0.420. The monoisotopic (exact) mass is 461 g/mol. The van der Waals surface area contributed by atoms with Crippen molar-refractivity contribution >= 4 is 17.5 Å². The molecule has 0 aromatic heterocycles. The molecule has 2 aromatic carbocycles. The molecule has 2 amide bonds. The second kappa shape index (κ2) is 11.8. The number of nitrogens with one attached hydrogen (secondary N) is 1. The number of nitrogens with zero attached hydrogens (tertiary/aromatic N) is 2. The Labute approximate surface area is 191 Å². The summed E-state index contributed by atoms with van der Waals surface area (Å²) in [5.74, 6) is -0.984. The molecule has 33 heavy (non-hydrogen) atoms. The van der Waals surface area contributed by atoms with Crippen LogP contribution in [0.5, 0.6) is 11.5 Å². The molecule has 178 valence electrons. The minimum atomic E-state index is -0.764. The van der Waals surface area contributed by atoms with Gasteiger partial charge in [-0.05, 0) is 44.0 Å². The van der Waals surface area contributed by atoms with Crippen LogP contribution in [-0.2, 0) is 16.1 Å². The largest absolute Gasteiger partial charge is 0.490 e. The fraction of sp³-hybridized carbons (Fsp3) is 0.391. The SMILES string of the molecule is CCC(C(=O)NC(C)C)N(Cc1ccc(F)cc1)C(=O)COc1ccc([N+](=O)[O-])c(OC)c1. The normalized spacial score (nSPS) is 11.6. The van der Waals surface area contributed by atoms with Gasteiger partial charge < -0.3 is 19.7 Å². The van der Waals surface area contributed by atoms with E-state index in [1.165, 1.54) is 42.3 Å². The second-order valence-corrected chi connectivity index (χ2v) is 7.61. The van der Waals surface area contributed by atoms with Crippen molar-refractivity contribution in [3.63, 3.8) is 0 Å². The van der Waals surface area contributed by atoms with Crippen LogP contribution >= 0.6 is 0 Å². The Hall–Kier alpha value is -3.69. The first-order valence-electron chi connectivity index (χ1n) is 10.5. The number of benzene rings is 2. The molecule has 1 atom stereocenters. The summed E-state index contributed by atoms with van der Waals surface area (Å²) in [6.07, 6.45) is 0.358. The number of methoxy groups -OCH3 is 1. The highest BCUT2D eigenvalue weighted by Gasteiger charge is 2.29. The summed E-state index contributed by atoms with van der Waals surface area (Å²) in [6.45, 7) is 5.10. The van der Waals surface area contributed by atoms with Gasteiger partial charge in [0.2, 0.25) is 11.7 Å². The summed E-state index contributed by atoms with van der Waals surface area (Å²) in [6, 6.07) is 8.69. The van der Waals surface area contributed by atoms with Crippen molar-refractivity contribution in [3.8, 4) is 11.5 Å². The molecule has 0 fully saturated rings. The predicted octanol–water partition coefficient (Wildman–Crippen LogP) is 3.45. The first kappa shape index (κ1) is 25.6. The molecule has 2 aromatic rings. The van der Waals surface area contributed by atoms with Gasteiger partial charge in [0.05, 0.1) is 12.0 Å². The Morgan fingerprint density at radius 3 is 2.39 bits per heavy atom. The van der Waals surface area contributed by atoms with E-state index in [2.05, 4.69) is 5.32 Å². The van der Waals surface area contributed by atoms with Crippen LogP contribution in [0.25, 0.3) is 0 Å². The van der Waals surface area contributed by atoms with E-state index in [1.54, 1.807) is 19.1 Å². The number of nitro benzene ring substituents is 1. The number of hydrogen-bond donors (Lipinski definition) is 1. The van der Waals surface area contributed by atoms with Crippen molar-refractivity contribution in [2.45, 2.75) is 45.8 Å². The Kier molecular flexibility index (Phi) is 9.14. The average Bonchev–Trinajstić information content (AvgIpc) is 2.77. The van der Waals surface area contributed by atoms with Crippen LogP contribution in [0, 0.1) is 15.9 Å². The minimum Gasteiger partial charge on any atom is -0.490 e. The third kappa shape index (κ3) is 7.16. The summed E-state index contributed by atoms with van der Waals surface area (Å²) in [4.78, 5) is 37.7. The summed E-state index contributed by atoms with van der Waals surface area (Å²) < 4.78 is 23.9. The van der Waals surface area contributed by atoms with Crippen molar-refractivity contribution in [3.05, 3.63) is 64.0 Å². The van der Waals surface area contributed by atoms with Gasteiger partial charge in [-0.25, -0.2) is 4.39 Å². The number of ether oxygens (including phenoxy) is 2. The second-order valence-electron chi connectivity index (χ2n) is 7.61. The van der Waals surface area contributed by atoms with E-state index in [4.69, 9.17) is 9.47 Å². The molecule has 10 heteroatoms. The van der Waals surface area contributed by atoms with Gasteiger partial charge in [-0.2, -0.15) is 0 Å². The average molecular weight is 461 g/mol. The molecule has 9 nitrogen and oxygen atoms in total. The summed E-state index contributed by atoms with van der Waals surface area (Å²) in [7, 11) is 1.29. The van der Waals surface area contributed by atoms with Crippen molar-refractivity contribution in [1.29, 1.82) is 0 Å². The van der Waals surface area contributed by atoms with Gasteiger partial charge in [0.25, 0.3) is 5.91 Å². The molecule has 0 saturated carbocycles. The number of carbonyl (C=O) groups excluding carboxylic acids is 2. The minimum absolute atomic E-state index is 0.00383. The zero-order valence-electron chi connectivity index (χ0n) is 19.0. The number of carbonyl (C=O) groups is 2. The highest BCUT2D eigenvalue weighted by atomic mass is 19.1. The molecule has 0 aliphatic heterocycles. The maximum Gasteiger partial charge on any atom is 0.311 e.